The molecule has 3 aromatic rings. The van der Waals surface area contributed by atoms with Gasteiger partial charge in [-0.15, -0.1) is 0 Å². The van der Waals surface area contributed by atoms with E-state index in [1.165, 1.54) is 11.3 Å². The summed E-state index contributed by atoms with van der Waals surface area (Å²) in [4.78, 5) is 10.2. The summed E-state index contributed by atoms with van der Waals surface area (Å²) in [5, 5.41) is 1.85. The Labute approximate surface area is 154 Å². The highest BCUT2D eigenvalue weighted by Crippen LogP contribution is 2.33. The lowest BCUT2D eigenvalue weighted by Crippen LogP contribution is -1.84. The molecular formula is C18H14Cl2N2OS. The lowest BCUT2D eigenvalue weighted by atomic mass is 10.1. The minimum absolute atomic E-state index is 0.565. The summed E-state index contributed by atoms with van der Waals surface area (Å²) in [6.45, 7) is 2.03. The first kappa shape index (κ1) is 17.0. The second-order valence-electron chi connectivity index (χ2n) is 5.05. The Hall–Kier alpha value is -1.88. The summed E-state index contributed by atoms with van der Waals surface area (Å²) >= 11 is 13.6. The molecule has 0 saturated heterocycles. The Morgan fingerprint density at radius 2 is 1.88 bits per heavy atom. The van der Waals surface area contributed by atoms with Crippen molar-refractivity contribution < 1.29 is 4.74 Å². The Bertz CT molecular complexity index is 889. The van der Waals surface area contributed by atoms with E-state index in [9.17, 15) is 0 Å². The molecule has 0 aliphatic heterocycles. The van der Waals surface area contributed by atoms with Crippen LogP contribution in [0.15, 0.2) is 47.5 Å². The number of ether oxygens (including phenoxy) is 1. The van der Waals surface area contributed by atoms with Crippen LogP contribution >= 0.6 is 34.5 Å². The molecule has 0 fully saturated rings. The lowest BCUT2D eigenvalue weighted by Gasteiger charge is -2.01. The van der Waals surface area contributed by atoms with Gasteiger partial charge in [-0.25, -0.2) is 9.98 Å². The van der Waals surface area contributed by atoms with Crippen molar-refractivity contribution in [3.63, 3.8) is 0 Å². The molecule has 122 valence electrons. The van der Waals surface area contributed by atoms with Crippen molar-refractivity contribution in [3.8, 4) is 17.0 Å². The molecule has 0 atom stereocenters. The van der Waals surface area contributed by atoms with Crippen LogP contribution in [-0.4, -0.2) is 18.3 Å². The molecule has 1 heterocycles. The highest BCUT2D eigenvalue weighted by molar-refractivity contribution is 7.15. The molecule has 0 unspecified atom stereocenters. The molecule has 0 amide bonds. The zero-order valence-corrected chi connectivity index (χ0v) is 15.4. The van der Waals surface area contributed by atoms with Gasteiger partial charge >= 0.3 is 0 Å². The number of aromatic nitrogens is 1. The molecule has 24 heavy (non-hydrogen) atoms. The molecule has 3 rings (SSSR count). The SMILES string of the molecule is COc1ccc(-c2nc(N=Cc3ccc(Cl)cc3Cl)sc2C)cc1. The van der Waals surface area contributed by atoms with E-state index in [1.54, 1.807) is 25.5 Å². The topological polar surface area (TPSA) is 34.5 Å². The van der Waals surface area contributed by atoms with Crippen molar-refractivity contribution in [3.05, 3.63) is 63.0 Å². The van der Waals surface area contributed by atoms with Gasteiger partial charge in [-0.1, -0.05) is 40.6 Å². The number of methoxy groups -OCH3 is 1. The zero-order valence-electron chi connectivity index (χ0n) is 13.1. The van der Waals surface area contributed by atoms with E-state index < -0.39 is 0 Å². The average molecular weight is 377 g/mol. The van der Waals surface area contributed by atoms with Crippen LogP contribution in [0.1, 0.15) is 10.4 Å². The number of thiazole rings is 1. The van der Waals surface area contributed by atoms with Gasteiger partial charge in [0, 0.05) is 27.2 Å². The predicted octanol–water partition coefficient (Wildman–Crippen LogP) is 6.18. The van der Waals surface area contributed by atoms with E-state index in [0.717, 1.165) is 27.4 Å². The Balaban J connectivity index is 1.86. The van der Waals surface area contributed by atoms with Gasteiger partial charge < -0.3 is 4.74 Å². The lowest BCUT2D eigenvalue weighted by molar-refractivity contribution is 0.415. The number of aryl methyl sites for hydroxylation is 1. The minimum Gasteiger partial charge on any atom is -0.497 e. The molecule has 1 aromatic heterocycles. The molecule has 0 N–H and O–H groups in total. The zero-order chi connectivity index (χ0) is 17.1. The Morgan fingerprint density at radius 3 is 2.54 bits per heavy atom. The van der Waals surface area contributed by atoms with Crippen LogP contribution in [-0.2, 0) is 0 Å². The third kappa shape index (κ3) is 3.78. The van der Waals surface area contributed by atoms with Gasteiger partial charge in [0.05, 0.1) is 17.8 Å². The van der Waals surface area contributed by atoms with Crippen molar-refractivity contribution in [2.45, 2.75) is 6.92 Å². The number of hydrogen-bond acceptors (Lipinski definition) is 4. The van der Waals surface area contributed by atoms with Crippen molar-refractivity contribution in [2.24, 2.45) is 4.99 Å². The van der Waals surface area contributed by atoms with E-state index >= 15 is 0 Å². The molecule has 3 nitrogen and oxygen atoms in total. The monoisotopic (exact) mass is 376 g/mol. The number of benzene rings is 2. The smallest absolute Gasteiger partial charge is 0.209 e. The first-order chi connectivity index (χ1) is 11.6. The number of rotatable bonds is 4. The Kier molecular flexibility index (Phi) is 5.19. The van der Waals surface area contributed by atoms with Gasteiger partial charge in [-0.05, 0) is 43.3 Å². The quantitative estimate of drug-likeness (QED) is 0.509. The van der Waals surface area contributed by atoms with Crippen LogP contribution in [0.25, 0.3) is 11.3 Å². The second kappa shape index (κ2) is 7.34. The fourth-order valence-electron chi connectivity index (χ4n) is 2.19. The molecule has 0 aliphatic rings. The highest BCUT2D eigenvalue weighted by Gasteiger charge is 2.09. The summed E-state index contributed by atoms with van der Waals surface area (Å²) in [5.41, 5.74) is 2.77. The second-order valence-corrected chi connectivity index (χ2v) is 7.08. The summed E-state index contributed by atoms with van der Waals surface area (Å²) in [7, 11) is 1.65. The van der Waals surface area contributed by atoms with Crippen LogP contribution in [0.5, 0.6) is 5.75 Å². The molecule has 6 heteroatoms. The number of halogens is 2. The Morgan fingerprint density at radius 1 is 1.12 bits per heavy atom. The molecular weight excluding hydrogens is 363 g/mol. The van der Waals surface area contributed by atoms with Crippen molar-refractivity contribution in [1.29, 1.82) is 0 Å². The van der Waals surface area contributed by atoms with Crippen LogP contribution in [0.4, 0.5) is 5.13 Å². The van der Waals surface area contributed by atoms with Crippen LogP contribution in [0.3, 0.4) is 0 Å². The third-order valence-electron chi connectivity index (χ3n) is 3.43. The molecule has 0 bridgehead atoms. The first-order valence-corrected chi connectivity index (χ1v) is 8.75. The summed E-state index contributed by atoms with van der Waals surface area (Å²) in [5.74, 6) is 0.822. The van der Waals surface area contributed by atoms with Crippen LogP contribution in [0.2, 0.25) is 10.0 Å². The van der Waals surface area contributed by atoms with Gasteiger partial charge in [-0.2, -0.15) is 0 Å². The van der Waals surface area contributed by atoms with E-state index in [4.69, 9.17) is 27.9 Å². The van der Waals surface area contributed by atoms with Crippen molar-refractivity contribution in [2.75, 3.05) is 7.11 Å². The number of hydrogen-bond donors (Lipinski definition) is 0. The number of nitrogens with zero attached hydrogens (tertiary/aromatic N) is 2. The summed E-state index contributed by atoms with van der Waals surface area (Å²) in [6.07, 6.45) is 1.70. The maximum Gasteiger partial charge on any atom is 0.209 e. The largest absolute Gasteiger partial charge is 0.497 e. The van der Waals surface area contributed by atoms with Crippen molar-refractivity contribution >= 4 is 45.9 Å². The first-order valence-electron chi connectivity index (χ1n) is 7.18. The predicted molar refractivity (Wildman–Crippen MR) is 103 cm³/mol. The maximum absolute atomic E-state index is 6.15. The fraction of sp³-hybridized carbons (Fsp3) is 0.111. The van der Waals surface area contributed by atoms with E-state index in [0.29, 0.717) is 15.2 Å². The van der Waals surface area contributed by atoms with E-state index in [-0.39, 0.29) is 0 Å². The van der Waals surface area contributed by atoms with E-state index in [1.807, 2.05) is 37.3 Å². The van der Waals surface area contributed by atoms with Gasteiger partial charge in [0.1, 0.15) is 5.75 Å². The molecule has 2 aromatic carbocycles. The molecule has 0 saturated carbocycles. The standard InChI is InChI=1S/C18H14Cl2N2OS/c1-11-17(12-4-7-15(23-2)8-5-12)22-18(24-11)21-10-13-3-6-14(19)9-16(13)20/h3-10H,1-2H3. The van der Waals surface area contributed by atoms with Crippen LogP contribution in [0, 0.1) is 6.92 Å². The third-order valence-corrected chi connectivity index (χ3v) is 4.87. The number of aliphatic imine (C=N–C) groups is 1. The highest BCUT2D eigenvalue weighted by atomic mass is 35.5. The fourth-order valence-corrected chi connectivity index (χ4v) is 3.42. The van der Waals surface area contributed by atoms with Gasteiger partial charge in [0.2, 0.25) is 5.13 Å². The normalized spacial score (nSPS) is 11.2. The molecule has 0 radical (unpaired) electrons. The molecule has 0 spiro atoms. The molecule has 0 aliphatic carbocycles. The van der Waals surface area contributed by atoms with E-state index in [2.05, 4.69) is 9.98 Å². The van der Waals surface area contributed by atoms with Gasteiger partial charge in [0.25, 0.3) is 0 Å². The minimum atomic E-state index is 0.565. The summed E-state index contributed by atoms with van der Waals surface area (Å²) in [6, 6.07) is 13.1. The maximum atomic E-state index is 6.15. The summed E-state index contributed by atoms with van der Waals surface area (Å²) < 4.78 is 5.18. The van der Waals surface area contributed by atoms with Gasteiger partial charge in [0.15, 0.2) is 0 Å². The van der Waals surface area contributed by atoms with Crippen LogP contribution < -0.4 is 4.74 Å². The average Bonchev–Trinajstić information content (AvgIpc) is 2.95. The van der Waals surface area contributed by atoms with Gasteiger partial charge in [-0.3, -0.25) is 0 Å². The van der Waals surface area contributed by atoms with Crippen molar-refractivity contribution in [1.82, 2.24) is 4.98 Å².